The first kappa shape index (κ1) is 42.0. The molecule has 2 N–H and O–H groups in total. The molecule has 63 heavy (non-hydrogen) atoms. The zero-order valence-corrected chi connectivity index (χ0v) is 34.4. The molecular formula is C47H35Cl2F3N4O7. The molecule has 6 atom stereocenters. The molecule has 2 aliphatic heterocycles. The van der Waals surface area contributed by atoms with E-state index in [1.165, 1.54) is 0 Å². The second-order valence-corrected chi connectivity index (χ2v) is 16.7. The number of aliphatic hydroxyl groups excluding tert-OH is 1. The first-order valence-electron chi connectivity index (χ1n) is 20.0. The predicted molar refractivity (Wildman–Crippen MR) is 225 cm³/mol. The molecule has 0 radical (unpaired) electrons. The number of hydrogen-bond acceptors (Lipinski definition) is 9. The Morgan fingerprint density at radius 1 is 0.857 bits per heavy atom. The summed E-state index contributed by atoms with van der Waals surface area (Å²) in [4.78, 5) is 77.7. The van der Waals surface area contributed by atoms with Gasteiger partial charge in [-0.05, 0) is 84.5 Å². The van der Waals surface area contributed by atoms with Crippen molar-refractivity contribution in [3.8, 4) is 5.75 Å². The Morgan fingerprint density at radius 2 is 1.54 bits per heavy atom. The number of aliphatic hydroxyl groups is 1. The highest BCUT2D eigenvalue weighted by Crippen LogP contribution is 2.64. The Balaban J connectivity index is 1.15. The highest BCUT2D eigenvalue weighted by Gasteiger charge is 2.70. The number of alkyl halides is 3. The smallest absolute Gasteiger partial charge is 0.417 e. The minimum Gasteiger partial charge on any atom is -0.491 e. The van der Waals surface area contributed by atoms with E-state index in [0.717, 1.165) is 9.91 Å². The van der Waals surface area contributed by atoms with E-state index in [0.29, 0.717) is 50.9 Å². The molecule has 0 bridgehead atoms. The van der Waals surface area contributed by atoms with Crippen molar-refractivity contribution in [3.05, 3.63) is 165 Å². The van der Waals surface area contributed by atoms with Crippen LogP contribution in [0.5, 0.6) is 5.75 Å². The Kier molecular flexibility index (Phi) is 10.7. The number of nitrogens with zero attached hydrogens (tertiary/aromatic N) is 3. The van der Waals surface area contributed by atoms with Crippen molar-refractivity contribution < 1.29 is 47.0 Å². The lowest BCUT2D eigenvalue weighted by atomic mass is 9.49. The van der Waals surface area contributed by atoms with Gasteiger partial charge in [0.2, 0.25) is 11.8 Å². The third-order valence-electron chi connectivity index (χ3n) is 12.6. The van der Waals surface area contributed by atoms with E-state index in [1.54, 1.807) is 103 Å². The minimum atomic E-state index is -4.77. The molecule has 0 unspecified atom stereocenters. The van der Waals surface area contributed by atoms with E-state index in [2.05, 4.69) is 10.4 Å². The van der Waals surface area contributed by atoms with Crippen molar-refractivity contribution in [2.75, 3.05) is 23.5 Å². The molecular weight excluding hydrogens is 860 g/mol. The van der Waals surface area contributed by atoms with Crippen LogP contribution in [0, 0.1) is 23.7 Å². The fourth-order valence-electron chi connectivity index (χ4n) is 9.85. The maximum atomic E-state index is 15.4. The molecule has 0 spiro atoms. The molecule has 4 amide bonds. The standard InChI is InChI=1S/C47H35Cl2F3N4O7/c48-30-12-10-28(11-13-30)46-36(43(60)56(45(46)62)54-41-37(49)22-29(24-53-41)47(50,51)52)23-35-33(39(46)25-8-16-32(17-9-25)63-21-20-57)18-19-34-38(35)44(61)55(42(34)59)31-14-6-27(7-15-31)40(58)26-4-2-1-3-5-26/h1-18,22,24,34-36,38-39,57H,19-21,23H2,(H,53,54)/t34-,35+,36-,38-,39-,46+/m0/s1. The molecule has 3 heterocycles. The topological polar surface area (TPSA) is 146 Å². The van der Waals surface area contributed by atoms with Gasteiger partial charge in [-0.15, -0.1) is 0 Å². The average molecular weight is 896 g/mol. The van der Waals surface area contributed by atoms with Gasteiger partial charge < -0.3 is 9.84 Å². The van der Waals surface area contributed by atoms with Gasteiger partial charge in [0.15, 0.2) is 11.6 Å². The number of aromatic nitrogens is 1. The third-order valence-corrected chi connectivity index (χ3v) is 13.1. The van der Waals surface area contributed by atoms with Crippen LogP contribution in [0.2, 0.25) is 10.0 Å². The van der Waals surface area contributed by atoms with Crippen LogP contribution in [0.15, 0.2) is 127 Å². The van der Waals surface area contributed by atoms with E-state index in [4.69, 9.17) is 27.9 Å². The number of pyridine rings is 1. The molecule has 2 aliphatic carbocycles. The van der Waals surface area contributed by atoms with E-state index in [-0.39, 0.29) is 43.3 Å². The maximum Gasteiger partial charge on any atom is 0.417 e. The SMILES string of the molecule is O=C(c1ccccc1)c1ccc(N2C(=O)[C@H]3[C@H](CC=C4[C@H]3C[C@H]3C(=O)N(Nc5ncc(C(F)(F)F)cc5Cl)C(=O)[C@@]3(c3ccc(Cl)cc3)[C@H]4c3ccc(OCCO)cc3)C2=O)cc1. The minimum absolute atomic E-state index is 0.0166. The number of amides is 4. The van der Waals surface area contributed by atoms with Crippen LogP contribution in [-0.2, 0) is 30.8 Å². The number of allylic oxidation sites excluding steroid dienone is 2. The van der Waals surface area contributed by atoms with Gasteiger partial charge in [-0.3, -0.25) is 34.3 Å². The molecule has 2 saturated heterocycles. The summed E-state index contributed by atoms with van der Waals surface area (Å²) in [5.41, 5.74) is 2.48. The highest BCUT2D eigenvalue weighted by atomic mass is 35.5. The number of rotatable bonds is 10. The first-order valence-corrected chi connectivity index (χ1v) is 20.7. The summed E-state index contributed by atoms with van der Waals surface area (Å²) in [7, 11) is 0. The summed E-state index contributed by atoms with van der Waals surface area (Å²) in [6.07, 6.45) is -2.30. The van der Waals surface area contributed by atoms with Gasteiger partial charge in [0, 0.05) is 28.3 Å². The van der Waals surface area contributed by atoms with Crippen molar-refractivity contribution in [2.45, 2.75) is 30.4 Å². The Hall–Kier alpha value is -6.35. The molecule has 4 aliphatic rings. The van der Waals surface area contributed by atoms with E-state index in [1.807, 2.05) is 6.08 Å². The number of halogens is 5. The number of hydrogen-bond donors (Lipinski definition) is 2. The largest absolute Gasteiger partial charge is 0.491 e. The summed E-state index contributed by atoms with van der Waals surface area (Å²) in [5.74, 6) is -7.31. The first-order chi connectivity index (χ1) is 30.2. The number of carbonyl (C=O) groups excluding carboxylic acids is 5. The lowest BCUT2D eigenvalue weighted by molar-refractivity contribution is -0.139. The maximum absolute atomic E-state index is 15.4. The number of benzene rings is 4. The number of ether oxygens (including phenoxy) is 1. The number of nitrogens with one attached hydrogen (secondary N) is 1. The average Bonchev–Trinajstić information content (AvgIpc) is 3.66. The number of fused-ring (bicyclic) bond motifs is 4. The van der Waals surface area contributed by atoms with Gasteiger partial charge in [-0.25, -0.2) is 4.98 Å². The molecule has 5 aromatic rings. The van der Waals surface area contributed by atoms with Crippen LogP contribution in [-0.4, -0.2) is 57.7 Å². The lowest BCUT2D eigenvalue weighted by Gasteiger charge is -2.50. The molecule has 1 saturated carbocycles. The summed E-state index contributed by atoms with van der Waals surface area (Å²) in [5, 5.41) is 9.96. The molecule has 9 rings (SSSR count). The second kappa shape index (κ2) is 16.1. The van der Waals surface area contributed by atoms with Gasteiger partial charge >= 0.3 is 6.18 Å². The zero-order valence-electron chi connectivity index (χ0n) is 32.9. The second-order valence-electron chi connectivity index (χ2n) is 15.8. The van der Waals surface area contributed by atoms with Gasteiger partial charge in [0.1, 0.15) is 12.4 Å². The molecule has 4 aromatic carbocycles. The summed E-state index contributed by atoms with van der Waals surface area (Å²) < 4.78 is 46.3. The Bertz CT molecular complexity index is 2700. The van der Waals surface area contributed by atoms with Crippen molar-refractivity contribution >= 4 is 64.1 Å². The van der Waals surface area contributed by atoms with Gasteiger partial charge in [0.25, 0.3) is 11.8 Å². The van der Waals surface area contributed by atoms with Gasteiger partial charge in [-0.1, -0.05) is 89.4 Å². The van der Waals surface area contributed by atoms with E-state index in [9.17, 15) is 37.5 Å². The van der Waals surface area contributed by atoms with Crippen molar-refractivity contribution in [2.24, 2.45) is 23.7 Å². The zero-order chi connectivity index (χ0) is 44.4. The van der Waals surface area contributed by atoms with Crippen LogP contribution in [0.1, 0.15) is 51.4 Å². The molecule has 1 aromatic heterocycles. The van der Waals surface area contributed by atoms with Crippen LogP contribution < -0.4 is 15.1 Å². The molecule has 320 valence electrons. The van der Waals surface area contributed by atoms with Crippen LogP contribution in [0.25, 0.3) is 0 Å². The molecule has 11 nitrogen and oxygen atoms in total. The summed E-state index contributed by atoms with van der Waals surface area (Å²) >= 11 is 12.7. The normalized spacial score (nSPS) is 24.2. The predicted octanol–water partition coefficient (Wildman–Crippen LogP) is 8.20. The number of imide groups is 2. The molecule has 16 heteroatoms. The number of anilines is 2. The summed E-state index contributed by atoms with van der Waals surface area (Å²) in [6, 6.07) is 28.8. The Morgan fingerprint density at radius 3 is 2.19 bits per heavy atom. The summed E-state index contributed by atoms with van der Waals surface area (Å²) in [6.45, 7) is -0.220. The highest BCUT2D eigenvalue weighted by molar-refractivity contribution is 6.33. The Labute approximate surface area is 368 Å². The van der Waals surface area contributed by atoms with Gasteiger partial charge in [0.05, 0.1) is 46.0 Å². The van der Waals surface area contributed by atoms with E-state index < -0.39 is 75.4 Å². The van der Waals surface area contributed by atoms with Gasteiger partial charge in [-0.2, -0.15) is 18.2 Å². The van der Waals surface area contributed by atoms with Crippen molar-refractivity contribution in [1.29, 1.82) is 0 Å². The number of carbonyl (C=O) groups is 5. The van der Waals surface area contributed by atoms with Crippen LogP contribution >= 0.6 is 23.2 Å². The van der Waals surface area contributed by atoms with Crippen molar-refractivity contribution in [1.82, 2.24) is 9.99 Å². The fraction of sp³-hybridized carbons (Fsp3) is 0.234. The van der Waals surface area contributed by atoms with Crippen molar-refractivity contribution in [3.63, 3.8) is 0 Å². The number of ketones is 1. The monoisotopic (exact) mass is 894 g/mol. The fourth-order valence-corrected chi connectivity index (χ4v) is 10.2. The lowest BCUT2D eigenvalue weighted by Crippen LogP contribution is -2.53. The van der Waals surface area contributed by atoms with Crippen LogP contribution in [0.3, 0.4) is 0 Å². The third kappa shape index (κ3) is 6.96. The number of hydrazine groups is 1. The van der Waals surface area contributed by atoms with E-state index >= 15 is 4.79 Å². The van der Waals surface area contributed by atoms with Crippen LogP contribution in [0.4, 0.5) is 24.7 Å². The molecule has 3 fully saturated rings. The quantitative estimate of drug-likeness (QED) is 0.0805.